The van der Waals surface area contributed by atoms with Crippen molar-refractivity contribution in [3.05, 3.63) is 77.1 Å². The average molecular weight is 363 g/mol. The lowest BCUT2D eigenvalue weighted by Gasteiger charge is -2.11. The molecule has 0 saturated heterocycles. The SMILES string of the molecule is COc1ccc(-n2c(C)cc(CNC(=O)Nc3ccc(C)cc3)c2C)cc1. The molecule has 27 heavy (non-hydrogen) atoms. The van der Waals surface area contributed by atoms with Crippen molar-refractivity contribution >= 4 is 11.7 Å². The molecular weight excluding hydrogens is 338 g/mol. The van der Waals surface area contributed by atoms with Gasteiger partial charge in [0.25, 0.3) is 0 Å². The summed E-state index contributed by atoms with van der Waals surface area (Å²) in [6.45, 7) is 6.61. The summed E-state index contributed by atoms with van der Waals surface area (Å²) in [6.07, 6.45) is 0. The van der Waals surface area contributed by atoms with Crippen LogP contribution < -0.4 is 15.4 Å². The van der Waals surface area contributed by atoms with Gasteiger partial charge in [0.05, 0.1) is 7.11 Å². The van der Waals surface area contributed by atoms with Crippen molar-refractivity contribution in [1.82, 2.24) is 9.88 Å². The van der Waals surface area contributed by atoms with E-state index in [4.69, 9.17) is 4.74 Å². The number of carbonyl (C=O) groups is 1. The van der Waals surface area contributed by atoms with Crippen LogP contribution in [0.15, 0.2) is 54.6 Å². The first-order valence-electron chi connectivity index (χ1n) is 8.91. The van der Waals surface area contributed by atoms with Gasteiger partial charge >= 0.3 is 6.03 Å². The molecule has 0 bridgehead atoms. The van der Waals surface area contributed by atoms with Crippen LogP contribution in [0.2, 0.25) is 0 Å². The average Bonchev–Trinajstić information content (AvgIpc) is 2.95. The van der Waals surface area contributed by atoms with E-state index in [2.05, 4.69) is 35.1 Å². The highest BCUT2D eigenvalue weighted by Gasteiger charge is 2.12. The molecule has 5 heteroatoms. The minimum atomic E-state index is -0.215. The second-order valence-electron chi connectivity index (χ2n) is 6.60. The number of nitrogens with zero attached hydrogens (tertiary/aromatic N) is 1. The molecule has 0 saturated carbocycles. The summed E-state index contributed by atoms with van der Waals surface area (Å²) in [5, 5.41) is 5.78. The Morgan fingerprint density at radius 1 is 1.00 bits per heavy atom. The smallest absolute Gasteiger partial charge is 0.319 e. The molecule has 2 amide bonds. The van der Waals surface area contributed by atoms with E-state index in [0.717, 1.165) is 39.6 Å². The molecule has 1 aromatic heterocycles. The van der Waals surface area contributed by atoms with E-state index in [1.807, 2.05) is 55.5 Å². The maximum atomic E-state index is 12.2. The Morgan fingerprint density at radius 3 is 2.30 bits per heavy atom. The molecule has 3 rings (SSSR count). The number of hydrogen-bond acceptors (Lipinski definition) is 2. The topological polar surface area (TPSA) is 55.3 Å². The van der Waals surface area contributed by atoms with E-state index < -0.39 is 0 Å². The van der Waals surface area contributed by atoms with Gasteiger partial charge in [0.1, 0.15) is 5.75 Å². The molecule has 2 aromatic carbocycles. The summed E-state index contributed by atoms with van der Waals surface area (Å²) < 4.78 is 7.40. The fraction of sp³-hybridized carbons (Fsp3) is 0.227. The van der Waals surface area contributed by atoms with Crippen LogP contribution in [0.3, 0.4) is 0 Å². The van der Waals surface area contributed by atoms with Gasteiger partial charge in [-0.05, 0) is 68.8 Å². The van der Waals surface area contributed by atoms with E-state index in [0.29, 0.717) is 6.54 Å². The molecule has 0 spiro atoms. The van der Waals surface area contributed by atoms with Crippen LogP contribution in [0.4, 0.5) is 10.5 Å². The second kappa shape index (κ2) is 7.99. The Morgan fingerprint density at radius 2 is 1.67 bits per heavy atom. The lowest BCUT2D eigenvalue weighted by Crippen LogP contribution is -2.28. The standard InChI is InChI=1S/C22H25N3O2/c1-15-5-7-19(8-6-15)24-22(26)23-14-18-13-16(2)25(17(18)3)20-9-11-21(27-4)12-10-20/h5-13H,14H2,1-4H3,(H2,23,24,26). The third-order valence-corrected chi connectivity index (χ3v) is 4.62. The normalized spacial score (nSPS) is 10.5. The zero-order valence-corrected chi connectivity index (χ0v) is 16.2. The van der Waals surface area contributed by atoms with Crippen molar-refractivity contribution in [3.8, 4) is 11.4 Å². The Labute approximate surface area is 160 Å². The lowest BCUT2D eigenvalue weighted by molar-refractivity contribution is 0.251. The first kappa shape index (κ1) is 18.6. The van der Waals surface area contributed by atoms with E-state index >= 15 is 0 Å². The summed E-state index contributed by atoms with van der Waals surface area (Å²) in [5.41, 5.74) is 6.32. The number of urea groups is 1. The number of benzene rings is 2. The number of anilines is 1. The number of rotatable bonds is 5. The van der Waals surface area contributed by atoms with Crippen molar-refractivity contribution in [3.63, 3.8) is 0 Å². The molecule has 5 nitrogen and oxygen atoms in total. The first-order valence-corrected chi connectivity index (χ1v) is 8.91. The number of aromatic nitrogens is 1. The molecular formula is C22H25N3O2. The van der Waals surface area contributed by atoms with Gasteiger partial charge in [-0.25, -0.2) is 4.79 Å². The summed E-state index contributed by atoms with van der Waals surface area (Å²) >= 11 is 0. The minimum Gasteiger partial charge on any atom is -0.497 e. The monoisotopic (exact) mass is 363 g/mol. The molecule has 0 radical (unpaired) electrons. The summed E-state index contributed by atoms with van der Waals surface area (Å²) in [7, 11) is 1.66. The van der Waals surface area contributed by atoms with Gasteiger partial charge in [0.15, 0.2) is 0 Å². The number of hydrogen-bond donors (Lipinski definition) is 2. The Hall–Kier alpha value is -3.21. The highest BCUT2D eigenvalue weighted by atomic mass is 16.5. The zero-order chi connectivity index (χ0) is 19.4. The van der Waals surface area contributed by atoms with Gasteiger partial charge in [-0.1, -0.05) is 17.7 Å². The molecule has 0 aliphatic rings. The van der Waals surface area contributed by atoms with Crippen LogP contribution in [0.5, 0.6) is 5.75 Å². The molecule has 0 aliphatic carbocycles. The van der Waals surface area contributed by atoms with Crippen LogP contribution >= 0.6 is 0 Å². The van der Waals surface area contributed by atoms with E-state index in [9.17, 15) is 4.79 Å². The Balaban J connectivity index is 1.68. The van der Waals surface area contributed by atoms with Crippen molar-refractivity contribution in [2.45, 2.75) is 27.3 Å². The fourth-order valence-corrected chi connectivity index (χ4v) is 3.12. The van der Waals surface area contributed by atoms with Crippen molar-refractivity contribution in [2.75, 3.05) is 12.4 Å². The number of aryl methyl sites for hydroxylation is 2. The summed E-state index contributed by atoms with van der Waals surface area (Å²) in [4.78, 5) is 12.2. The summed E-state index contributed by atoms with van der Waals surface area (Å²) in [5.74, 6) is 0.830. The largest absolute Gasteiger partial charge is 0.497 e. The second-order valence-corrected chi connectivity index (χ2v) is 6.60. The third-order valence-electron chi connectivity index (χ3n) is 4.62. The molecule has 0 fully saturated rings. The molecule has 2 N–H and O–H groups in total. The van der Waals surface area contributed by atoms with Gasteiger partial charge in [-0.3, -0.25) is 0 Å². The van der Waals surface area contributed by atoms with Crippen LogP contribution in [0.1, 0.15) is 22.5 Å². The van der Waals surface area contributed by atoms with Gasteiger partial charge < -0.3 is 19.9 Å². The number of amides is 2. The number of nitrogens with one attached hydrogen (secondary N) is 2. The number of carbonyl (C=O) groups excluding carboxylic acids is 1. The fourth-order valence-electron chi connectivity index (χ4n) is 3.12. The van der Waals surface area contributed by atoms with E-state index in [1.54, 1.807) is 7.11 Å². The third kappa shape index (κ3) is 4.31. The van der Waals surface area contributed by atoms with Crippen molar-refractivity contribution < 1.29 is 9.53 Å². The van der Waals surface area contributed by atoms with Crippen molar-refractivity contribution in [2.24, 2.45) is 0 Å². The number of ether oxygens (including phenoxy) is 1. The molecule has 0 atom stereocenters. The minimum absolute atomic E-state index is 0.215. The highest BCUT2D eigenvalue weighted by molar-refractivity contribution is 5.89. The van der Waals surface area contributed by atoms with E-state index in [1.165, 1.54) is 0 Å². The van der Waals surface area contributed by atoms with Crippen molar-refractivity contribution in [1.29, 1.82) is 0 Å². The Bertz CT molecular complexity index is 925. The van der Waals surface area contributed by atoms with Gasteiger partial charge in [-0.2, -0.15) is 0 Å². The predicted octanol–water partition coefficient (Wildman–Crippen LogP) is 4.73. The molecule has 140 valence electrons. The molecule has 1 heterocycles. The molecule has 0 aliphatic heterocycles. The maximum Gasteiger partial charge on any atom is 0.319 e. The van der Waals surface area contributed by atoms with Crippen LogP contribution in [0.25, 0.3) is 5.69 Å². The quantitative estimate of drug-likeness (QED) is 0.688. The summed E-state index contributed by atoms with van der Waals surface area (Å²) in [6, 6.07) is 17.6. The molecule has 0 unspecified atom stereocenters. The number of methoxy groups -OCH3 is 1. The predicted molar refractivity (Wildman–Crippen MR) is 109 cm³/mol. The van der Waals surface area contributed by atoms with Crippen LogP contribution in [0, 0.1) is 20.8 Å². The maximum absolute atomic E-state index is 12.2. The van der Waals surface area contributed by atoms with Gasteiger partial charge in [-0.15, -0.1) is 0 Å². The lowest BCUT2D eigenvalue weighted by atomic mass is 10.2. The highest BCUT2D eigenvalue weighted by Crippen LogP contribution is 2.22. The van der Waals surface area contributed by atoms with Crippen LogP contribution in [-0.2, 0) is 6.54 Å². The zero-order valence-electron chi connectivity index (χ0n) is 16.2. The van der Waals surface area contributed by atoms with Crippen LogP contribution in [-0.4, -0.2) is 17.7 Å². The van der Waals surface area contributed by atoms with Gasteiger partial charge in [0.2, 0.25) is 0 Å². The van der Waals surface area contributed by atoms with Gasteiger partial charge in [0, 0.05) is 29.3 Å². The Kier molecular flexibility index (Phi) is 5.50. The van der Waals surface area contributed by atoms with E-state index in [-0.39, 0.29) is 6.03 Å². The molecule has 3 aromatic rings. The first-order chi connectivity index (χ1) is 13.0.